The van der Waals surface area contributed by atoms with Crippen LogP contribution in [-0.4, -0.2) is 29.0 Å². The van der Waals surface area contributed by atoms with Gasteiger partial charge >= 0.3 is 0 Å². The summed E-state index contributed by atoms with van der Waals surface area (Å²) in [5.41, 5.74) is 1.99. The van der Waals surface area contributed by atoms with Gasteiger partial charge in [0, 0.05) is 25.1 Å². The van der Waals surface area contributed by atoms with Crippen molar-refractivity contribution >= 4 is 23.7 Å². The first-order valence-corrected chi connectivity index (χ1v) is 8.13. The molecule has 0 aliphatic carbocycles. The van der Waals surface area contributed by atoms with Gasteiger partial charge in [0.25, 0.3) is 5.91 Å². The number of carbonyl (C=O) groups excluding carboxylic acids is 2. The molecule has 0 aliphatic heterocycles. The molecule has 1 rings (SSSR count). The first kappa shape index (κ1) is 17.8. The predicted molar refractivity (Wildman–Crippen MR) is 89.9 cm³/mol. The van der Waals surface area contributed by atoms with Crippen LogP contribution in [0.1, 0.15) is 55.5 Å². The number of amides is 1. The molecule has 4 heteroatoms. The Morgan fingerprint density at radius 3 is 2.14 bits per heavy atom. The Bertz CT molecular complexity index is 452. The number of thiol groups is 1. The fraction of sp³-hybridized carbons (Fsp3) is 0.529. The van der Waals surface area contributed by atoms with Crippen LogP contribution in [0.25, 0.3) is 0 Å². The van der Waals surface area contributed by atoms with E-state index in [0.717, 1.165) is 44.3 Å². The molecule has 0 unspecified atom stereocenters. The largest absolute Gasteiger partial charge is 0.339 e. The summed E-state index contributed by atoms with van der Waals surface area (Å²) < 4.78 is 0. The van der Waals surface area contributed by atoms with Crippen molar-refractivity contribution in [1.82, 2.24) is 4.90 Å². The molecule has 0 heterocycles. The van der Waals surface area contributed by atoms with Gasteiger partial charge in [-0.15, -0.1) is 12.6 Å². The molecule has 0 radical (unpaired) electrons. The smallest absolute Gasteiger partial charge is 0.253 e. The molecule has 3 nitrogen and oxygen atoms in total. The van der Waals surface area contributed by atoms with Gasteiger partial charge in [0.05, 0.1) is 0 Å². The van der Waals surface area contributed by atoms with E-state index in [9.17, 15) is 9.59 Å². The topological polar surface area (TPSA) is 37.4 Å². The molecule has 0 fully saturated rings. The molecule has 0 aromatic heterocycles. The number of aryl methyl sites for hydroxylation is 1. The van der Waals surface area contributed by atoms with E-state index in [-0.39, 0.29) is 11.0 Å². The first-order chi connectivity index (χ1) is 10.1. The number of rotatable bonds is 9. The minimum atomic E-state index is -0.0331. The molecule has 0 saturated carbocycles. The van der Waals surface area contributed by atoms with Gasteiger partial charge in [0.15, 0.2) is 5.12 Å². The maximum Gasteiger partial charge on any atom is 0.253 e. The van der Waals surface area contributed by atoms with E-state index in [2.05, 4.69) is 12.6 Å². The monoisotopic (exact) mass is 307 g/mol. The second-order valence-electron chi connectivity index (χ2n) is 5.13. The molecule has 0 spiro atoms. The lowest BCUT2D eigenvalue weighted by molar-refractivity contribution is -0.110. The molecule has 0 bridgehead atoms. The van der Waals surface area contributed by atoms with Crippen molar-refractivity contribution in [3.63, 3.8) is 0 Å². The molecule has 0 saturated heterocycles. The van der Waals surface area contributed by atoms with E-state index in [0.29, 0.717) is 6.42 Å². The van der Waals surface area contributed by atoms with Crippen LogP contribution in [0.2, 0.25) is 0 Å². The number of unbranched alkanes of at least 4 members (excludes halogenated alkanes) is 2. The van der Waals surface area contributed by atoms with Gasteiger partial charge < -0.3 is 4.90 Å². The molecule has 0 N–H and O–H groups in total. The van der Waals surface area contributed by atoms with Crippen LogP contribution in [-0.2, 0) is 11.2 Å². The van der Waals surface area contributed by atoms with Crippen molar-refractivity contribution in [1.29, 1.82) is 0 Å². The zero-order valence-corrected chi connectivity index (χ0v) is 13.9. The summed E-state index contributed by atoms with van der Waals surface area (Å²) in [6, 6.07) is 7.88. The highest BCUT2D eigenvalue weighted by atomic mass is 32.1. The lowest BCUT2D eigenvalue weighted by Crippen LogP contribution is -2.30. The summed E-state index contributed by atoms with van der Waals surface area (Å²) in [6.45, 7) is 5.46. The van der Waals surface area contributed by atoms with Crippen LogP contribution in [0.5, 0.6) is 0 Å². The van der Waals surface area contributed by atoms with Gasteiger partial charge in [-0.05, 0) is 50.8 Å². The summed E-state index contributed by atoms with van der Waals surface area (Å²) in [6.07, 6.45) is 4.54. The summed E-state index contributed by atoms with van der Waals surface area (Å²) in [7, 11) is 0. The van der Waals surface area contributed by atoms with Gasteiger partial charge in [0.1, 0.15) is 0 Å². The maximum atomic E-state index is 12.2. The fourth-order valence-corrected chi connectivity index (χ4v) is 2.45. The fourth-order valence-electron chi connectivity index (χ4n) is 2.29. The van der Waals surface area contributed by atoms with Crippen LogP contribution in [0.4, 0.5) is 0 Å². The van der Waals surface area contributed by atoms with Crippen molar-refractivity contribution in [2.45, 2.75) is 46.0 Å². The van der Waals surface area contributed by atoms with E-state index in [4.69, 9.17) is 0 Å². The summed E-state index contributed by atoms with van der Waals surface area (Å²) in [4.78, 5) is 24.7. The average molecular weight is 307 g/mol. The molecular weight excluding hydrogens is 282 g/mol. The Morgan fingerprint density at radius 2 is 1.62 bits per heavy atom. The Balaban J connectivity index is 2.43. The van der Waals surface area contributed by atoms with Crippen molar-refractivity contribution in [3.8, 4) is 0 Å². The van der Waals surface area contributed by atoms with Gasteiger partial charge in [-0.2, -0.15) is 0 Å². The molecule has 1 aromatic carbocycles. The van der Waals surface area contributed by atoms with Crippen molar-refractivity contribution in [2.75, 3.05) is 13.1 Å². The van der Waals surface area contributed by atoms with Crippen molar-refractivity contribution in [3.05, 3.63) is 35.4 Å². The van der Waals surface area contributed by atoms with Gasteiger partial charge in [-0.3, -0.25) is 9.59 Å². The number of carbonyl (C=O) groups is 2. The zero-order chi connectivity index (χ0) is 15.7. The molecule has 0 atom stereocenters. The highest BCUT2D eigenvalue weighted by Gasteiger charge is 2.11. The minimum Gasteiger partial charge on any atom is -0.339 e. The summed E-state index contributed by atoms with van der Waals surface area (Å²) >= 11 is 3.76. The van der Waals surface area contributed by atoms with Crippen molar-refractivity contribution < 1.29 is 9.59 Å². The number of hydrogen-bond donors (Lipinski definition) is 1. The van der Waals surface area contributed by atoms with E-state index < -0.39 is 0 Å². The third-order valence-corrected chi connectivity index (χ3v) is 3.83. The number of nitrogens with zero attached hydrogens (tertiary/aromatic N) is 1. The first-order valence-electron chi connectivity index (χ1n) is 7.68. The van der Waals surface area contributed by atoms with Crippen LogP contribution in [0, 0.1) is 0 Å². The van der Waals surface area contributed by atoms with Crippen molar-refractivity contribution in [2.24, 2.45) is 0 Å². The van der Waals surface area contributed by atoms with Gasteiger partial charge in [-0.25, -0.2) is 0 Å². The third kappa shape index (κ3) is 6.34. The second-order valence-corrected chi connectivity index (χ2v) is 5.63. The highest BCUT2D eigenvalue weighted by molar-refractivity contribution is 7.96. The number of benzene rings is 1. The average Bonchev–Trinajstić information content (AvgIpc) is 2.48. The van der Waals surface area contributed by atoms with E-state index in [1.807, 2.05) is 43.0 Å². The standard InChI is InChI=1S/C17H25NO2S/c1-3-18(4-2)17(20)15-12-10-14(11-13-15)8-6-5-7-9-16(19)21/h10-13H,3-9H2,1-2H3,(H,19,21). The summed E-state index contributed by atoms with van der Waals surface area (Å²) in [5.74, 6) is 0.0961. The van der Waals surface area contributed by atoms with Crippen LogP contribution in [0.15, 0.2) is 24.3 Å². The molecule has 116 valence electrons. The minimum absolute atomic E-state index is 0.0331. The normalized spacial score (nSPS) is 10.4. The Morgan fingerprint density at radius 1 is 1.00 bits per heavy atom. The van der Waals surface area contributed by atoms with Gasteiger partial charge in [0.2, 0.25) is 0 Å². The molecule has 0 aliphatic rings. The van der Waals surface area contributed by atoms with Gasteiger partial charge in [-0.1, -0.05) is 18.6 Å². The zero-order valence-electron chi connectivity index (χ0n) is 13.0. The van der Waals surface area contributed by atoms with Crippen LogP contribution in [0.3, 0.4) is 0 Å². The Hall–Kier alpha value is -1.29. The van der Waals surface area contributed by atoms with Crippen LogP contribution >= 0.6 is 12.6 Å². The van der Waals surface area contributed by atoms with Crippen LogP contribution < -0.4 is 0 Å². The molecule has 1 aromatic rings. The Kier molecular flexibility index (Phi) is 8.13. The SMILES string of the molecule is CCN(CC)C(=O)c1ccc(CCCCCC(=O)S)cc1. The third-order valence-electron chi connectivity index (χ3n) is 3.61. The lowest BCUT2D eigenvalue weighted by atomic mass is 10.0. The highest BCUT2D eigenvalue weighted by Crippen LogP contribution is 2.12. The lowest BCUT2D eigenvalue weighted by Gasteiger charge is -2.18. The maximum absolute atomic E-state index is 12.2. The molecular formula is C17H25NO2S. The summed E-state index contributed by atoms with van der Waals surface area (Å²) in [5, 5.41) is -0.0331. The van der Waals surface area contributed by atoms with E-state index in [1.54, 1.807) is 0 Å². The quantitative estimate of drug-likeness (QED) is 0.557. The number of hydrogen-bond acceptors (Lipinski definition) is 2. The van der Waals surface area contributed by atoms with E-state index in [1.165, 1.54) is 5.56 Å². The second kappa shape index (κ2) is 9.61. The predicted octanol–water partition coefficient (Wildman–Crippen LogP) is 3.73. The van der Waals surface area contributed by atoms with E-state index >= 15 is 0 Å². The molecule has 21 heavy (non-hydrogen) atoms. The Labute approximate surface area is 133 Å². The molecule has 1 amide bonds.